The summed E-state index contributed by atoms with van der Waals surface area (Å²) < 4.78 is 10.5. The minimum absolute atomic E-state index is 0.0621. The summed E-state index contributed by atoms with van der Waals surface area (Å²) in [5.74, 6) is 1.54. The first-order chi connectivity index (χ1) is 10.2. The fraction of sp³-hybridized carbons (Fsp3) is 0.471. The Bertz CT molecular complexity index is 525. The standard InChI is InChI=1S/C17H23NO3/c1-13-6-4-5-11-18(13)17(19)10-7-14-12-15(20-2)8-9-16(14)21-3/h7-10,12-13H,4-6,11H2,1-3H3/b10-7+. The van der Waals surface area contributed by atoms with E-state index in [9.17, 15) is 4.79 Å². The molecule has 4 nitrogen and oxygen atoms in total. The molecule has 114 valence electrons. The zero-order chi connectivity index (χ0) is 15.2. The quantitative estimate of drug-likeness (QED) is 0.799. The van der Waals surface area contributed by atoms with Crippen molar-refractivity contribution in [3.05, 3.63) is 29.8 Å². The van der Waals surface area contributed by atoms with Crippen LogP contribution in [0.25, 0.3) is 6.08 Å². The van der Waals surface area contributed by atoms with E-state index in [0.717, 1.165) is 36.4 Å². The number of likely N-dealkylation sites (tertiary alicyclic amines) is 1. The third-order valence-electron chi connectivity index (χ3n) is 3.93. The summed E-state index contributed by atoms with van der Waals surface area (Å²) in [6.07, 6.45) is 6.80. The van der Waals surface area contributed by atoms with Crippen LogP contribution in [0.5, 0.6) is 11.5 Å². The van der Waals surface area contributed by atoms with Gasteiger partial charge in [-0.1, -0.05) is 0 Å². The van der Waals surface area contributed by atoms with Crippen LogP contribution in [0.3, 0.4) is 0 Å². The van der Waals surface area contributed by atoms with E-state index in [1.54, 1.807) is 26.4 Å². The Morgan fingerprint density at radius 2 is 2.10 bits per heavy atom. The number of nitrogens with zero attached hydrogens (tertiary/aromatic N) is 1. The first-order valence-electron chi connectivity index (χ1n) is 7.36. The zero-order valence-corrected chi connectivity index (χ0v) is 13.0. The normalized spacial score (nSPS) is 18.8. The molecule has 0 bridgehead atoms. The van der Waals surface area contributed by atoms with Gasteiger partial charge in [0.1, 0.15) is 11.5 Å². The maximum absolute atomic E-state index is 12.3. The molecule has 1 aliphatic heterocycles. The van der Waals surface area contributed by atoms with Gasteiger partial charge in [-0.2, -0.15) is 0 Å². The molecule has 1 heterocycles. The monoisotopic (exact) mass is 289 g/mol. The van der Waals surface area contributed by atoms with Crippen molar-refractivity contribution in [3.63, 3.8) is 0 Å². The molecule has 1 saturated heterocycles. The van der Waals surface area contributed by atoms with Crippen molar-refractivity contribution in [2.75, 3.05) is 20.8 Å². The highest BCUT2D eigenvalue weighted by atomic mass is 16.5. The van der Waals surface area contributed by atoms with E-state index >= 15 is 0 Å². The average Bonchev–Trinajstić information content (AvgIpc) is 2.52. The van der Waals surface area contributed by atoms with Gasteiger partial charge in [0.25, 0.3) is 0 Å². The summed E-state index contributed by atoms with van der Waals surface area (Å²) in [4.78, 5) is 14.2. The van der Waals surface area contributed by atoms with E-state index in [1.807, 2.05) is 23.1 Å². The van der Waals surface area contributed by atoms with Crippen molar-refractivity contribution in [1.29, 1.82) is 0 Å². The van der Waals surface area contributed by atoms with Crippen LogP contribution >= 0.6 is 0 Å². The maximum atomic E-state index is 12.3. The Morgan fingerprint density at radius 1 is 1.29 bits per heavy atom. The lowest BCUT2D eigenvalue weighted by molar-refractivity contribution is -0.129. The van der Waals surface area contributed by atoms with Gasteiger partial charge in [0.2, 0.25) is 5.91 Å². The summed E-state index contributed by atoms with van der Waals surface area (Å²) in [6, 6.07) is 5.86. The van der Waals surface area contributed by atoms with Gasteiger partial charge < -0.3 is 14.4 Å². The minimum atomic E-state index is 0.0621. The zero-order valence-electron chi connectivity index (χ0n) is 13.0. The third kappa shape index (κ3) is 3.78. The van der Waals surface area contributed by atoms with Crippen molar-refractivity contribution in [1.82, 2.24) is 4.90 Å². The predicted octanol–water partition coefficient (Wildman–Crippen LogP) is 3.12. The van der Waals surface area contributed by atoms with Gasteiger partial charge >= 0.3 is 0 Å². The number of rotatable bonds is 4. The van der Waals surface area contributed by atoms with Crippen LogP contribution in [-0.4, -0.2) is 37.6 Å². The first kappa shape index (κ1) is 15.4. The van der Waals surface area contributed by atoms with Crippen molar-refractivity contribution < 1.29 is 14.3 Å². The fourth-order valence-corrected chi connectivity index (χ4v) is 2.65. The highest BCUT2D eigenvalue weighted by molar-refractivity contribution is 5.92. The van der Waals surface area contributed by atoms with E-state index in [0.29, 0.717) is 6.04 Å². The second-order valence-corrected chi connectivity index (χ2v) is 5.32. The summed E-state index contributed by atoms with van der Waals surface area (Å²) in [7, 11) is 3.24. The van der Waals surface area contributed by atoms with E-state index < -0.39 is 0 Å². The lowest BCUT2D eigenvalue weighted by atomic mass is 10.0. The number of amides is 1. The molecule has 1 aromatic carbocycles. The molecular weight excluding hydrogens is 266 g/mol. The molecular formula is C17H23NO3. The SMILES string of the molecule is COc1ccc(OC)c(/C=C/C(=O)N2CCCCC2C)c1. The summed E-state index contributed by atoms with van der Waals surface area (Å²) in [5, 5.41) is 0. The molecule has 1 atom stereocenters. The highest BCUT2D eigenvalue weighted by Crippen LogP contribution is 2.25. The number of benzene rings is 1. The molecule has 0 saturated carbocycles. The highest BCUT2D eigenvalue weighted by Gasteiger charge is 2.21. The smallest absolute Gasteiger partial charge is 0.246 e. The Hall–Kier alpha value is -1.97. The van der Waals surface area contributed by atoms with Crippen LogP contribution in [-0.2, 0) is 4.79 Å². The van der Waals surface area contributed by atoms with Crippen LogP contribution in [0.1, 0.15) is 31.7 Å². The fourth-order valence-electron chi connectivity index (χ4n) is 2.65. The number of methoxy groups -OCH3 is 2. The number of ether oxygens (including phenoxy) is 2. The van der Waals surface area contributed by atoms with Crippen molar-refractivity contribution in [3.8, 4) is 11.5 Å². The Morgan fingerprint density at radius 3 is 2.76 bits per heavy atom. The molecule has 1 unspecified atom stereocenters. The lowest BCUT2D eigenvalue weighted by Gasteiger charge is -2.32. The van der Waals surface area contributed by atoms with Crippen molar-refractivity contribution in [2.45, 2.75) is 32.2 Å². The summed E-state index contributed by atoms with van der Waals surface area (Å²) in [6.45, 7) is 2.95. The second kappa shape index (κ2) is 7.16. The van der Waals surface area contributed by atoms with Gasteiger partial charge in [-0.25, -0.2) is 0 Å². The van der Waals surface area contributed by atoms with Crippen LogP contribution in [0.15, 0.2) is 24.3 Å². The van der Waals surface area contributed by atoms with E-state index in [1.165, 1.54) is 6.42 Å². The first-order valence-corrected chi connectivity index (χ1v) is 7.36. The Labute approximate surface area is 126 Å². The predicted molar refractivity (Wildman–Crippen MR) is 83.6 cm³/mol. The minimum Gasteiger partial charge on any atom is -0.497 e. The average molecular weight is 289 g/mol. The molecule has 1 aromatic rings. The molecule has 0 radical (unpaired) electrons. The van der Waals surface area contributed by atoms with Crippen LogP contribution in [0.2, 0.25) is 0 Å². The van der Waals surface area contributed by atoms with E-state index in [2.05, 4.69) is 6.92 Å². The molecule has 2 rings (SSSR count). The largest absolute Gasteiger partial charge is 0.497 e. The van der Waals surface area contributed by atoms with Gasteiger partial charge in [-0.05, 0) is 50.5 Å². The molecule has 0 aromatic heterocycles. The molecule has 0 spiro atoms. The Kier molecular flexibility index (Phi) is 5.26. The molecule has 21 heavy (non-hydrogen) atoms. The van der Waals surface area contributed by atoms with E-state index in [-0.39, 0.29) is 5.91 Å². The maximum Gasteiger partial charge on any atom is 0.246 e. The molecule has 4 heteroatoms. The van der Waals surface area contributed by atoms with Gasteiger partial charge in [0.15, 0.2) is 0 Å². The molecule has 1 fully saturated rings. The van der Waals surface area contributed by atoms with Crippen LogP contribution < -0.4 is 9.47 Å². The van der Waals surface area contributed by atoms with Gasteiger partial charge in [0, 0.05) is 24.2 Å². The number of piperidine rings is 1. The third-order valence-corrected chi connectivity index (χ3v) is 3.93. The van der Waals surface area contributed by atoms with E-state index in [4.69, 9.17) is 9.47 Å². The lowest BCUT2D eigenvalue weighted by Crippen LogP contribution is -2.41. The molecule has 0 N–H and O–H groups in total. The Balaban J connectivity index is 2.14. The van der Waals surface area contributed by atoms with Crippen LogP contribution in [0.4, 0.5) is 0 Å². The van der Waals surface area contributed by atoms with Gasteiger partial charge in [0.05, 0.1) is 14.2 Å². The van der Waals surface area contributed by atoms with Crippen molar-refractivity contribution >= 4 is 12.0 Å². The second-order valence-electron chi connectivity index (χ2n) is 5.32. The molecule has 1 aliphatic rings. The molecule has 1 amide bonds. The molecule has 0 aliphatic carbocycles. The number of carbonyl (C=O) groups excluding carboxylic acids is 1. The van der Waals surface area contributed by atoms with Crippen LogP contribution in [0, 0.1) is 0 Å². The summed E-state index contributed by atoms with van der Waals surface area (Å²) >= 11 is 0. The number of carbonyl (C=O) groups is 1. The van der Waals surface area contributed by atoms with Gasteiger partial charge in [-0.15, -0.1) is 0 Å². The number of hydrogen-bond donors (Lipinski definition) is 0. The summed E-state index contributed by atoms with van der Waals surface area (Å²) in [5.41, 5.74) is 0.842. The number of hydrogen-bond acceptors (Lipinski definition) is 3. The topological polar surface area (TPSA) is 38.8 Å². The van der Waals surface area contributed by atoms with Gasteiger partial charge in [-0.3, -0.25) is 4.79 Å². The van der Waals surface area contributed by atoms with Crippen molar-refractivity contribution in [2.24, 2.45) is 0 Å².